The van der Waals surface area contributed by atoms with Crippen LogP contribution < -0.4 is 10.1 Å². The molecule has 0 aliphatic heterocycles. The third-order valence-electron chi connectivity index (χ3n) is 3.70. The summed E-state index contributed by atoms with van der Waals surface area (Å²) in [6.45, 7) is 2.29. The first-order chi connectivity index (χ1) is 9.99. The Kier molecular flexibility index (Phi) is 4.77. The zero-order valence-electron chi connectivity index (χ0n) is 11.9. The van der Waals surface area contributed by atoms with Gasteiger partial charge in [0.15, 0.2) is 17.1 Å². The largest absolute Gasteiger partial charge is 0.488 e. The van der Waals surface area contributed by atoms with Crippen molar-refractivity contribution in [3.63, 3.8) is 0 Å². The van der Waals surface area contributed by atoms with Crippen molar-refractivity contribution in [1.29, 1.82) is 0 Å². The first-order valence-corrected chi connectivity index (χ1v) is 7.06. The molecule has 1 aliphatic carbocycles. The standard InChI is InChI=1S/C15H19F2NO3/c1-2-7-18-15(14(19)20,10-3-4-10)9-21-13-6-5-11(16)8-12(13)17/h5-6,8,10,18H,2-4,7,9H2,1H3,(H,19,20). The van der Waals surface area contributed by atoms with Crippen molar-refractivity contribution in [3.05, 3.63) is 29.8 Å². The van der Waals surface area contributed by atoms with Crippen LogP contribution in [0, 0.1) is 17.6 Å². The summed E-state index contributed by atoms with van der Waals surface area (Å²) < 4.78 is 31.7. The van der Waals surface area contributed by atoms with E-state index < -0.39 is 23.1 Å². The summed E-state index contributed by atoms with van der Waals surface area (Å²) in [6, 6.07) is 2.97. The number of hydrogen-bond acceptors (Lipinski definition) is 3. The van der Waals surface area contributed by atoms with Gasteiger partial charge in [-0.15, -0.1) is 0 Å². The average Bonchev–Trinajstić information content (AvgIpc) is 3.25. The summed E-state index contributed by atoms with van der Waals surface area (Å²) >= 11 is 0. The van der Waals surface area contributed by atoms with E-state index >= 15 is 0 Å². The van der Waals surface area contributed by atoms with E-state index in [1.807, 2.05) is 6.92 Å². The van der Waals surface area contributed by atoms with Gasteiger partial charge in [-0.25, -0.2) is 8.78 Å². The van der Waals surface area contributed by atoms with E-state index in [-0.39, 0.29) is 18.3 Å². The zero-order chi connectivity index (χ0) is 15.5. The molecule has 1 atom stereocenters. The number of carboxylic acids is 1. The summed E-state index contributed by atoms with van der Waals surface area (Å²) in [5.74, 6) is -2.69. The molecule has 0 heterocycles. The topological polar surface area (TPSA) is 58.6 Å². The normalized spacial score (nSPS) is 17.3. The number of carbonyl (C=O) groups is 1. The first-order valence-electron chi connectivity index (χ1n) is 7.06. The van der Waals surface area contributed by atoms with Crippen molar-refractivity contribution in [2.24, 2.45) is 5.92 Å². The second-order valence-corrected chi connectivity index (χ2v) is 5.34. The van der Waals surface area contributed by atoms with Crippen LogP contribution in [-0.2, 0) is 4.79 Å². The van der Waals surface area contributed by atoms with Gasteiger partial charge in [-0.05, 0) is 43.9 Å². The fraction of sp³-hybridized carbons (Fsp3) is 0.533. The number of aliphatic carboxylic acids is 1. The molecule has 1 aromatic rings. The van der Waals surface area contributed by atoms with Crippen molar-refractivity contribution in [2.45, 2.75) is 31.7 Å². The predicted octanol–water partition coefficient (Wildman–Crippen LogP) is 2.58. The fourth-order valence-corrected chi connectivity index (χ4v) is 2.33. The molecule has 1 saturated carbocycles. The van der Waals surface area contributed by atoms with Gasteiger partial charge >= 0.3 is 5.97 Å². The van der Waals surface area contributed by atoms with Gasteiger partial charge in [0.05, 0.1) is 0 Å². The maximum absolute atomic E-state index is 13.6. The molecule has 2 N–H and O–H groups in total. The second kappa shape index (κ2) is 6.39. The van der Waals surface area contributed by atoms with Crippen molar-refractivity contribution in [3.8, 4) is 5.75 Å². The summed E-state index contributed by atoms with van der Waals surface area (Å²) in [6.07, 6.45) is 2.39. The quantitative estimate of drug-likeness (QED) is 0.774. The number of halogens is 2. The van der Waals surface area contributed by atoms with Gasteiger partial charge in [0.2, 0.25) is 0 Å². The molecule has 0 aromatic heterocycles. The van der Waals surface area contributed by atoms with Crippen molar-refractivity contribution >= 4 is 5.97 Å². The number of nitrogens with one attached hydrogen (secondary N) is 1. The third-order valence-corrected chi connectivity index (χ3v) is 3.70. The van der Waals surface area contributed by atoms with E-state index in [0.29, 0.717) is 12.6 Å². The minimum Gasteiger partial charge on any atom is -0.488 e. The Morgan fingerprint density at radius 2 is 2.19 bits per heavy atom. The Bertz CT molecular complexity index is 520. The lowest BCUT2D eigenvalue weighted by molar-refractivity contribution is -0.147. The van der Waals surface area contributed by atoms with E-state index in [2.05, 4.69) is 5.32 Å². The highest BCUT2D eigenvalue weighted by molar-refractivity contribution is 5.80. The van der Waals surface area contributed by atoms with Crippen molar-refractivity contribution in [2.75, 3.05) is 13.2 Å². The van der Waals surface area contributed by atoms with Crippen LogP contribution in [0.4, 0.5) is 8.78 Å². The van der Waals surface area contributed by atoms with Gasteiger partial charge in [0.25, 0.3) is 0 Å². The molecule has 116 valence electrons. The highest BCUT2D eigenvalue weighted by atomic mass is 19.1. The number of ether oxygens (including phenoxy) is 1. The molecule has 0 spiro atoms. The van der Waals surface area contributed by atoms with E-state index in [1.165, 1.54) is 6.07 Å². The molecule has 2 rings (SSSR count). The van der Waals surface area contributed by atoms with Crippen LogP contribution in [0.3, 0.4) is 0 Å². The van der Waals surface area contributed by atoms with Crippen LogP contribution in [0.2, 0.25) is 0 Å². The van der Waals surface area contributed by atoms with E-state index in [9.17, 15) is 18.7 Å². The van der Waals surface area contributed by atoms with Crippen LogP contribution in [0.15, 0.2) is 18.2 Å². The lowest BCUT2D eigenvalue weighted by Crippen LogP contribution is -2.58. The predicted molar refractivity (Wildman–Crippen MR) is 73.2 cm³/mol. The summed E-state index contributed by atoms with van der Waals surface area (Å²) in [4.78, 5) is 11.7. The Morgan fingerprint density at radius 1 is 1.48 bits per heavy atom. The Labute approximate surface area is 122 Å². The number of hydrogen-bond donors (Lipinski definition) is 2. The highest BCUT2D eigenvalue weighted by Gasteiger charge is 2.51. The van der Waals surface area contributed by atoms with Crippen molar-refractivity contribution in [1.82, 2.24) is 5.32 Å². The second-order valence-electron chi connectivity index (χ2n) is 5.34. The smallest absolute Gasteiger partial charge is 0.327 e. The van der Waals surface area contributed by atoms with E-state index in [4.69, 9.17) is 4.74 Å². The molecule has 0 saturated heterocycles. The average molecular weight is 299 g/mol. The maximum Gasteiger partial charge on any atom is 0.327 e. The Morgan fingerprint density at radius 3 is 2.71 bits per heavy atom. The third kappa shape index (κ3) is 3.50. The summed E-state index contributed by atoms with van der Waals surface area (Å²) in [5.41, 5.74) is -1.21. The molecule has 6 heteroatoms. The SMILES string of the molecule is CCCNC(COc1ccc(F)cc1F)(C(=O)O)C1CC1. The monoisotopic (exact) mass is 299 g/mol. The molecule has 1 aliphatic rings. The number of benzene rings is 1. The maximum atomic E-state index is 13.6. The van der Waals surface area contributed by atoms with Gasteiger partial charge in [-0.2, -0.15) is 0 Å². The van der Waals surface area contributed by atoms with Gasteiger partial charge in [0, 0.05) is 6.07 Å². The van der Waals surface area contributed by atoms with Crippen LogP contribution in [0.5, 0.6) is 5.75 Å². The molecule has 1 aromatic carbocycles. The highest BCUT2D eigenvalue weighted by Crippen LogP contribution is 2.40. The van der Waals surface area contributed by atoms with Crippen LogP contribution in [0.1, 0.15) is 26.2 Å². The van der Waals surface area contributed by atoms with Gasteiger partial charge in [-0.3, -0.25) is 10.1 Å². The first kappa shape index (κ1) is 15.7. The van der Waals surface area contributed by atoms with Gasteiger partial charge in [-0.1, -0.05) is 6.92 Å². The minimum atomic E-state index is -1.21. The van der Waals surface area contributed by atoms with Crippen molar-refractivity contribution < 1.29 is 23.4 Å². The fourth-order valence-electron chi connectivity index (χ4n) is 2.33. The molecule has 1 unspecified atom stereocenters. The Hall–Kier alpha value is -1.69. The van der Waals surface area contributed by atoms with E-state index in [1.54, 1.807) is 0 Å². The molecule has 0 radical (unpaired) electrons. The van der Waals surface area contributed by atoms with Gasteiger partial charge < -0.3 is 9.84 Å². The lowest BCUT2D eigenvalue weighted by atomic mass is 9.94. The lowest BCUT2D eigenvalue weighted by Gasteiger charge is -2.30. The minimum absolute atomic E-state index is 0.0231. The number of carboxylic acid groups (broad SMARTS) is 1. The molecule has 0 bridgehead atoms. The zero-order valence-corrected chi connectivity index (χ0v) is 11.9. The Balaban J connectivity index is 2.13. The molecular formula is C15H19F2NO3. The van der Waals surface area contributed by atoms with Crippen LogP contribution >= 0.6 is 0 Å². The van der Waals surface area contributed by atoms with Crippen LogP contribution in [-0.4, -0.2) is 29.8 Å². The molecule has 4 nitrogen and oxygen atoms in total. The van der Waals surface area contributed by atoms with Crippen LogP contribution in [0.25, 0.3) is 0 Å². The van der Waals surface area contributed by atoms with Gasteiger partial charge in [0.1, 0.15) is 12.4 Å². The molecule has 0 amide bonds. The molecule has 1 fully saturated rings. The number of rotatable bonds is 8. The molecular weight excluding hydrogens is 280 g/mol. The molecule has 21 heavy (non-hydrogen) atoms. The summed E-state index contributed by atoms with van der Waals surface area (Å²) in [5, 5.41) is 12.6. The van der Waals surface area contributed by atoms with E-state index in [0.717, 1.165) is 25.3 Å². The summed E-state index contributed by atoms with van der Waals surface area (Å²) in [7, 11) is 0.